The van der Waals surface area contributed by atoms with Crippen molar-refractivity contribution >= 4 is 3.90 Å². The summed E-state index contributed by atoms with van der Waals surface area (Å²) in [6.45, 7) is 9.60. The quantitative estimate of drug-likeness (QED) is 0.382. The van der Waals surface area contributed by atoms with Gasteiger partial charge in [-0.1, -0.05) is 0 Å². The van der Waals surface area contributed by atoms with Gasteiger partial charge >= 0.3 is 152 Å². The van der Waals surface area contributed by atoms with Crippen molar-refractivity contribution in [1.82, 2.24) is 0 Å². The SMILES string of the molecule is CC1=CC2=C[C@H](C)C3C4CC[C](=[W])C4(C)C[C@@H](O)C3C2(C)CC1.[W].[W].[W].[W].[W].[W].[W].[W].[W].[W].[W].[W].[W].[W].[W].[W]. The van der Waals surface area contributed by atoms with Gasteiger partial charge in [-0.15, -0.1) is 0 Å². The van der Waals surface area contributed by atoms with Crippen LogP contribution in [0.2, 0.25) is 0 Å². The summed E-state index contributed by atoms with van der Waals surface area (Å²) in [5.41, 5.74) is 3.55. The van der Waals surface area contributed by atoms with E-state index in [9.17, 15) is 5.11 Å². The molecule has 0 aromatic rings. The van der Waals surface area contributed by atoms with Crippen LogP contribution in [0, 0.1) is 34.5 Å². The first-order valence-corrected chi connectivity index (χ1v) is 10.8. The molecule has 2 fully saturated rings. The van der Waals surface area contributed by atoms with Gasteiger partial charge in [-0.05, 0) is 0 Å². The molecule has 1 nitrogen and oxygen atoms in total. The van der Waals surface area contributed by atoms with Crippen molar-refractivity contribution in [2.45, 2.75) is 65.9 Å². The van der Waals surface area contributed by atoms with Crippen LogP contribution in [0.25, 0.3) is 0 Å². The maximum absolute atomic E-state index is 11.3. The fourth-order valence-electron chi connectivity index (χ4n) is 6.69. The van der Waals surface area contributed by atoms with E-state index in [0.29, 0.717) is 23.2 Å². The van der Waals surface area contributed by atoms with Crippen LogP contribution in [0.3, 0.4) is 0 Å². The molecule has 0 aliphatic heterocycles. The minimum Gasteiger partial charge on any atom is 0 e. The molecule has 0 radical (unpaired) electrons. The smallest absolute Gasteiger partial charge is 0 e. The maximum atomic E-state index is 11.3. The van der Waals surface area contributed by atoms with Crippen LogP contribution in [0.1, 0.15) is 59.8 Å². The van der Waals surface area contributed by atoms with Gasteiger partial charge in [-0.25, -0.2) is 0 Å². The molecular formula is C21H30OW17. The molecule has 0 spiro atoms. The maximum Gasteiger partial charge on any atom is 0 e. The third-order valence-corrected chi connectivity index (χ3v) is 10.4. The second-order valence-electron chi connectivity index (χ2n) is 9.25. The first-order valence-electron chi connectivity index (χ1n) is 9.38. The van der Waals surface area contributed by atoms with Gasteiger partial charge in [0, 0.05) is 337 Å². The topological polar surface area (TPSA) is 20.2 Å². The molecular weight excluding hydrogens is 3390 g/mol. The summed E-state index contributed by atoms with van der Waals surface area (Å²) in [6, 6.07) is 0. The first kappa shape index (κ1) is 87.7. The number of aliphatic hydroxyl groups excluding tert-OH is 1. The average Bonchev–Trinajstić information content (AvgIpc) is 2.76. The Morgan fingerprint density at radius 3 is 1.62 bits per heavy atom. The number of hydrogen-bond donors (Lipinski definition) is 1. The van der Waals surface area contributed by atoms with Crippen molar-refractivity contribution in [2.75, 3.05) is 0 Å². The molecule has 0 aromatic carbocycles. The normalized spacial score (nSPS) is 30.8. The van der Waals surface area contributed by atoms with Crippen LogP contribution in [0.4, 0.5) is 0 Å². The molecule has 4 rings (SSSR count). The van der Waals surface area contributed by atoms with E-state index in [2.05, 4.69) is 39.8 Å². The van der Waals surface area contributed by atoms with Crippen LogP contribution in [0.5, 0.6) is 0 Å². The molecule has 5 unspecified atom stereocenters. The zero-order valence-corrected chi connectivity index (χ0v) is 71.3. The molecule has 4 aliphatic rings. The zero-order chi connectivity index (χ0) is 16.6. The van der Waals surface area contributed by atoms with Crippen molar-refractivity contribution in [1.29, 1.82) is 0 Å². The van der Waals surface area contributed by atoms with Gasteiger partial charge in [-0.2, -0.15) is 0 Å². The molecule has 7 atom stereocenters. The van der Waals surface area contributed by atoms with Gasteiger partial charge in [0.15, 0.2) is 0 Å². The van der Waals surface area contributed by atoms with Crippen molar-refractivity contribution < 1.29 is 362 Å². The summed E-state index contributed by atoms with van der Waals surface area (Å²) >= 11 is 1.66. The van der Waals surface area contributed by atoms with Crippen LogP contribution in [0.15, 0.2) is 23.3 Å². The average molecular weight is 3420 g/mol. The van der Waals surface area contributed by atoms with Crippen LogP contribution in [-0.2, 0) is 356 Å². The molecule has 1 N–H and O–H groups in total. The van der Waals surface area contributed by atoms with E-state index in [0.717, 1.165) is 12.3 Å². The van der Waals surface area contributed by atoms with Gasteiger partial charge in [0.25, 0.3) is 0 Å². The Bertz CT molecular complexity index is 650. The largest absolute Gasteiger partial charge is 0 e. The number of fused-ring (bicyclic) bond motifs is 5. The van der Waals surface area contributed by atoms with Gasteiger partial charge in [0.2, 0.25) is 0 Å². The van der Waals surface area contributed by atoms with Crippen molar-refractivity contribution in [2.24, 2.45) is 34.5 Å². The minimum atomic E-state index is -0.128. The van der Waals surface area contributed by atoms with E-state index in [-0.39, 0.29) is 349 Å². The Hall–Kier alpha value is 11.0. The van der Waals surface area contributed by atoms with Crippen LogP contribution >= 0.6 is 0 Å². The van der Waals surface area contributed by atoms with Crippen LogP contribution < -0.4 is 0 Å². The molecule has 2 saturated carbocycles. The molecule has 222 valence electrons. The third-order valence-electron chi connectivity index (χ3n) is 7.95. The summed E-state index contributed by atoms with van der Waals surface area (Å²) in [7, 11) is 0. The van der Waals surface area contributed by atoms with Gasteiger partial charge in [0.05, 0.1) is 0 Å². The molecule has 0 aromatic heterocycles. The number of allylic oxidation sites excluding steroid dienone is 4. The Morgan fingerprint density at radius 2 is 1.18 bits per heavy atom. The summed E-state index contributed by atoms with van der Waals surface area (Å²) in [6.07, 6.45) is 11.0. The van der Waals surface area contributed by atoms with E-state index in [1.165, 1.54) is 36.8 Å². The fourth-order valence-corrected chi connectivity index (χ4v) is 7.95. The molecule has 4 aliphatic carbocycles. The van der Waals surface area contributed by atoms with Gasteiger partial charge in [0.1, 0.15) is 0 Å². The molecule has 18 heteroatoms. The molecule has 0 amide bonds. The van der Waals surface area contributed by atoms with E-state index in [1.807, 2.05) is 0 Å². The van der Waals surface area contributed by atoms with E-state index in [1.54, 1.807) is 23.3 Å². The van der Waals surface area contributed by atoms with E-state index < -0.39 is 0 Å². The fraction of sp³-hybridized carbons (Fsp3) is 0.762. The third kappa shape index (κ3) is 19.3. The summed E-state index contributed by atoms with van der Waals surface area (Å²) in [5, 5.41) is 11.3. The van der Waals surface area contributed by atoms with E-state index in [4.69, 9.17) is 0 Å². The summed E-state index contributed by atoms with van der Waals surface area (Å²) < 4.78 is 1.73. The Balaban J connectivity index is -0.0000000384. The van der Waals surface area contributed by atoms with Gasteiger partial charge in [-0.3, -0.25) is 0 Å². The standard InChI is InChI=1S/C21H30O.17W/c1-13-7-9-21(4)15(10-13)11-14(2)18-16-6-5-8-20(16,3)12-17(22)19(18)21;;;;;;;;;;;;;;;;;/h10-11,14,16-19,22H,5-7,9,12H2,1-4H3;;;;;;;;;;;;;;;;;/t14-,16?,17+,18?,19?,20?,21?;;;;;;;;;;;;;;;;;/m0................./s1. The second kappa shape index (κ2) is 38.7. The second-order valence-corrected chi connectivity index (χ2v) is 11.0. The first-order chi connectivity index (χ1) is 10.8. The van der Waals surface area contributed by atoms with Gasteiger partial charge < -0.3 is 0 Å². The Morgan fingerprint density at radius 1 is 0.744 bits per heavy atom. The monoisotopic (exact) mass is 3430 g/mol. The van der Waals surface area contributed by atoms with Crippen molar-refractivity contribution in [3.8, 4) is 0 Å². The van der Waals surface area contributed by atoms with Crippen molar-refractivity contribution in [3.05, 3.63) is 23.3 Å². The van der Waals surface area contributed by atoms with Crippen molar-refractivity contribution in [3.63, 3.8) is 0 Å². The number of rotatable bonds is 0. The number of hydrogen-bond acceptors (Lipinski definition) is 1. The number of aliphatic hydroxyl groups is 1. The summed E-state index contributed by atoms with van der Waals surface area (Å²) in [5.74, 6) is 2.52. The molecule has 0 saturated heterocycles. The Kier molecular flexibility index (Phi) is 87.1. The predicted octanol–water partition coefficient (Wildman–Crippen LogP) is 4.40. The van der Waals surface area contributed by atoms with Crippen LogP contribution in [-0.4, -0.2) is 15.1 Å². The van der Waals surface area contributed by atoms with E-state index >= 15 is 0 Å². The Labute approximate surface area is 478 Å². The predicted molar refractivity (Wildman–Crippen MR) is 91.8 cm³/mol. The zero-order valence-electron chi connectivity index (χ0n) is 21.5. The molecule has 0 bridgehead atoms. The minimum absolute atomic E-state index is 0. The summed E-state index contributed by atoms with van der Waals surface area (Å²) in [4.78, 5) is 0. The molecule has 39 heavy (non-hydrogen) atoms. The molecule has 0 heterocycles.